The van der Waals surface area contributed by atoms with Crippen molar-refractivity contribution in [3.8, 4) is 11.5 Å². The minimum absolute atomic E-state index is 0.0886. The van der Waals surface area contributed by atoms with Crippen LogP contribution in [0.2, 0.25) is 0 Å². The molecule has 0 aliphatic carbocycles. The van der Waals surface area contributed by atoms with Gasteiger partial charge in [0.15, 0.2) is 0 Å². The highest BCUT2D eigenvalue weighted by Crippen LogP contribution is 2.26. The summed E-state index contributed by atoms with van der Waals surface area (Å²) in [6.07, 6.45) is 1.41. The molecule has 9 heteroatoms. The summed E-state index contributed by atoms with van der Waals surface area (Å²) in [5.74, 6) is 0.543. The predicted octanol–water partition coefficient (Wildman–Crippen LogP) is 3.67. The minimum atomic E-state index is -3.99. The number of methoxy groups -OCH3 is 2. The molecule has 0 saturated heterocycles. The average Bonchev–Trinajstić information content (AvgIpc) is 2.84. The number of anilines is 1. The summed E-state index contributed by atoms with van der Waals surface area (Å²) in [6, 6.07) is 18.4. The van der Waals surface area contributed by atoms with E-state index in [1.54, 1.807) is 55.6 Å². The Morgan fingerprint density at radius 3 is 2.35 bits per heavy atom. The molecule has 0 bridgehead atoms. The Bertz CT molecular complexity index is 1290. The second-order valence-corrected chi connectivity index (χ2v) is 9.36. The molecule has 8 nitrogen and oxygen atoms in total. The van der Waals surface area contributed by atoms with E-state index in [0.29, 0.717) is 22.7 Å². The number of hydrazone groups is 1. The second-order valence-electron chi connectivity index (χ2n) is 7.49. The van der Waals surface area contributed by atoms with Crippen LogP contribution in [0, 0.1) is 13.8 Å². The van der Waals surface area contributed by atoms with Crippen molar-refractivity contribution in [3.05, 3.63) is 83.4 Å². The number of carbonyl (C=O) groups is 1. The van der Waals surface area contributed by atoms with Gasteiger partial charge in [-0.2, -0.15) is 5.10 Å². The Kier molecular flexibility index (Phi) is 7.91. The maximum Gasteiger partial charge on any atom is 0.264 e. The van der Waals surface area contributed by atoms with Gasteiger partial charge in [0, 0.05) is 5.56 Å². The van der Waals surface area contributed by atoms with Crippen molar-refractivity contribution in [1.29, 1.82) is 0 Å². The number of hydrogen-bond donors (Lipinski definition) is 1. The topological polar surface area (TPSA) is 97.3 Å². The van der Waals surface area contributed by atoms with Gasteiger partial charge in [-0.15, -0.1) is 0 Å². The lowest BCUT2D eigenvalue weighted by Gasteiger charge is -2.24. The van der Waals surface area contributed by atoms with Gasteiger partial charge in [0.05, 0.1) is 31.0 Å². The quantitative estimate of drug-likeness (QED) is 0.372. The van der Waals surface area contributed by atoms with Crippen LogP contribution in [0.4, 0.5) is 5.69 Å². The number of hydrogen-bond acceptors (Lipinski definition) is 6. The fraction of sp³-hybridized carbons (Fsp3) is 0.200. The van der Waals surface area contributed by atoms with Gasteiger partial charge in [0.25, 0.3) is 15.9 Å². The maximum absolute atomic E-state index is 13.4. The van der Waals surface area contributed by atoms with E-state index in [9.17, 15) is 13.2 Å². The van der Waals surface area contributed by atoms with E-state index in [0.717, 1.165) is 15.4 Å². The summed E-state index contributed by atoms with van der Waals surface area (Å²) in [6.45, 7) is 3.37. The highest BCUT2D eigenvalue weighted by atomic mass is 32.2. The molecule has 0 aliphatic heterocycles. The summed E-state index contributed by atoms with van der Waals surface area (Å²) < 4.78 is 38.4. The molecule has 0 heterocycles. The fourth-order valence-electron chi connectivity index (χ4n) is 3.20. The van der Waals surface area contributed by atoms with Crippen molar-refractivity contribution >= 4 is 27.8 Å². The molecule has 0 aliphatic rings. The molecule has 3 aromatic carbocycles. The Morgan fingerprint density at radius 2 is 1.71 bits per heavy atom. The number of nitrogens with zero attached hydrogens (tertiary/aromatic N) is 2. The van der Waals surface area contributed by atoms with E-state index in [4.69, 9.17) is 9.47 Å². The first-order valence-electron chi connectivity index (χ1n) is 10.4. The van der Waals surface area contributed by atoms with Gasteiger partial charge in [-0.3, -0.25) is 9.10 Å². The molecule has 0 saturated carbocycles. The zero-order chi connectivity index (χ0) is 24.7. The van der Waals surface area contributed by atoms with Crippen LogP contribution in [-0.4, -0.2) is 41.3 Å². The van der Waals surface area contributed by atoms with Crippen LogP contribution in [0.25, 0.3) is 0 Å². The number of amides is 1. The van der Waals surface area contributed by atoms with Gasteiger partial charge < -0.3 is 9.47 Å². The summed E-state index contributed by atoms with van der Waals surface area (Å²) >= 11 is 0. The fourth-order valence-corrected chi connectivity index (χ4v) is 4.63. The van der Waals surface area contributed by atoms with Crippen molar-refractivity contribution in [2.75, 3.05) is 25.1 Å². The van der Waals surface area contributed by atoms with Gasteiger partial charge in [0.1, 0.15) is 18.0 Å². The van der Waals surface area contributed by atoms with Crippen molar-refractivity contribution in [2.24, 2.45) is 5.10 Å². The number of ether oxygens (including phenoxy) is 2. The van der Waals surface area contributed by atoms with E-state index < -0.39 is 22.5 Å². The molecular weight excluding hydrogens is 454 g/mol. The van der Waals surface area contributed by atoms with Crippen LogP contribution in [0.15, 0.2) is 76.7 Å². The van der Waals surface area contributed by atoms with Crippen molar-refractivity contribution in [3.63, 3.8) is 0 Å². The lowest BCUT2D eigenvalue weighted by molar-refractivity contribution is -0.119. The third-order valence-electron chi connectivity index (χ3n) is 5.23. The molecule has 178 valence electrons. The average molecular weight is 482 g/mol. The first kappa shape index (κ1) is 24.8. The molecule has 0 unspecified atom stereocenters. The molecule has 0 spiro atoms. The summed E-state index contributed by atoms with van der Waals surface area (Å²) in [4.78, 5) is 12.8. The van der Waals surface area contributed by atoms with Crippen LogP contribution in [0.3, 0.4) is 0 Å². The second kappa shape index (κ2) is 10.8. The van der Waals surface area contributed by atoms with Gasteiger partial charge in [-0.25, -0.2) is 13.8 Å². The van der Waals surface area contributed by atoms with E-state index in [2.05, 4.69) is 10.5 Å². The number of benzene rings is 3. The normalized spacial score (nSPS) is 11.3. The van der Waals surface area contributed by atoms with Crippen LogP contribution in [-0.2, 0) is 14.8 Å². The SMILES string of the molecule is COc1ccc(OC)c(/C=N\NC(=O)CN(c2ccc(C)c(C)c2)S(=O)(=O)c2ccccc2)c1. The van der Waals surface area contributed by atoms with Gasteiger partial charge >= 0.3 is 0 Å². The lowest BCUT2D eigenvalue weighted by Crippen LogP contribution is -2.39. The van der Waals surface area contributed by atoms with Crippen molar-refractivity contribution < 1.29 is 22.7 Å². The monoisotopic (exact) mass is 481 g/mol. The third-order valence-corrected chi connectivity index (χ3v) is 7.01. The number of sulfonamides is 1. The van der Waals surface area contributed by atoms with Crippen LogP contribution in [0.5, 0.6) is 11.5 Å². The first-order chi connectivity index (χ1) is 16.3. The summed E-state index contributed by atoms with van der Waals surface area (Å²) in [5, 5.41) is 3.98. The smallest absolute Gasteiger partial charge is 0.264 e. The van der Waals surface area contributed by atoms with Crippen molar-refractivity contribution in [1.82, 2.24) is 5.43 Å². The molecule has 0 aromatic heterocycles. The van der Waals surface area contributed by atoms with Gasteiger partial charge in [-0.05, 0) is 67.4 Å². The van der Waals surface area contributed by atoms with Crippen molar-refractivity contribution in [2.45, 2.75) is 18.7 Å². The highest BCUT2D eigenvalue weighted by molar-refractivity contribution is 7.92. The predicted molar refractivity (Wildman–Crippen MR) is 132 cm³/mol. The number of rotatable bonds is 9. The highest BCUT2D eigenvalue weighted by Gasteiger charge is 2.27. The minimum Gasteiger partial charge on any atom is -0.497 e. The number of carbonyl (C=O) groups excluding carboxylic acids is 1. The van der Waals surface area contributed by atoms with Crippen LogP contribution < -0.4 is 19.2 Å². The van der Waals surface area contributed by atoms with E-state index in [1.807, 2.05) is 19.9 Å². The summed E-state index contributed by atoms with van der Waals surface area (Å²) in [5.41, 5.74) is 5.30. The standard InChI is InChI=1S/C25H27N3O5S/c1-18-10-11-21(14-19(18)2)28(34(30,31)23-8-6-5-7-9-23)17-25(29)27-26-16-20-15-22(32-3)12-13-24(20)33-4/h5-16H,17H2,1-4H3,(H,27,29)/b26-16-. The van der Waals surface area contributed by atoms with Gasteiger partial charge in [-0.1, -0.05) is 24.3 Å². The summed E-state index contributed by atoms with van der Waals surface area (Å²) in [7, 11) is -0.929. The maximum atomic E-state index is 13.4. The lowest BCUT2D eigenvalue weighted by atomic mass is 10.1. The number of nitrogens with one attached hydrogen (secondary N) is 1. The van der Waals surface area contributed by atoms with Gasteiger partial charge in [0.2, 0.25) is 0 Å². The molecule has 1 amide bonds. The Labute approximate surface area is 199 Å². The third kappa shape index (κ3) is 5.74. The van der Waals surface area contributed by atoms with E-state index >= 15 is 0 Å². The first-order valence-corrected chi connectivity index (χ1v) is 11.9. The molecule has 0 fully saturated rings. The largest absolute Gasteiger partial charge is 0.497 e. The molecule has 0 radical (unpaired) electrons. The van der Waals surface area contributed by atoms with E-state index in [-0.39, 0.29) is 4.90 Å². The van der Waals surface area contributed by atoms with Crippen LogP contribution >= 0.6 is 0 Å². The Morgan fingerprint density at radius 1 is 0.971 bits per heavy atom. The number of aryl methyl sites for hydroxylation is 2. The van der Waals surface area contributed by atoms with Crippen LogP contribution in [0.1, 0.15) is 16.7 Å². The zero-order valence-corrected chi connectivity index (χ0v) is 20.3. The molecule has 0 atom stereocenters. The molecule has 3 rings (SSSR count). The Balaban J connectivity index is 1.86. The molecular formula is C25H27N3O5S. The molecule has 34 heavy (non-hydrogen) atoms. The van der Waals surface area contributed by atoms with E-state index in [1.165, 1.54) is 25.5 Å². The zero-order valence-electron chi connectivity index (χ0n) is 19.5. The molecule has 1 N–H and O–H groups in total. The Hall–Kier alpha value is -3.85. The molecule has 3 aromatic rings.